The lowest BCUT2D eigenvalue weighted by molar-refractivity contribution is 0.288. The van der Waals surface area contributed by atoms with Crippen molar-refractivity contribution in [1.29, 1.82) is 0 Å². The molecule has 0 atom stereocenters. The summed E-state index contributed by atoms with van der Waals surface area (Å²) in [5.41, 5.74) is 1.85. The van der Waals surface area contributed by atoms with Crippen molar-refractivity contribution >= 4 is 27.8 Å². The van der Waals surface area contributed by atoms with Crippen molar-refractivity contribution in [3.8, 4) is 11.5 Å². The second kappa shape index (κ2) is 8.65. The molecule has 0 bridgehead atoms. The number of ether oxygens (including phenoxy) is 2. The average Bonchev–Trinajstić information content (AvgIpc) is 3.13. The summed E-state index contributed by atoms with van der Waals surface area (Å²) in [5.74, 6) is 3.27. The van der Waals surface area contributed by atoms with Gasteiger partial charge in [-0.3, -0.25) is 4.90 Å². The van der Waals surface area contributed by atoms with Gasteiger partial charge >= 0.3 is 0 Å². The minimum absolute atomic E-state index is 0.703. The van der Waals surface area contributed by atoms with Gasteiger partial charge in [-0.05, 0) is 26.2 Å². The molecule has 0 unspecified atom stereocenters. The van der Waals surface area contributed by atoms with Crippen molar-refractivity contribution < 1.29 is 9.47 Å². The summed E-state index contributed by atoms with van der Waals surface area (Å²) in [6, 6.07) is 4.01. The Morgan fingerprint density at radius 1 is 1.00 bits per heavy atom. The number of methoxy groups -OCH3 is 2. The molecule has 162 valence electrons. The molecular weight excluding hydrogens is 380 g/mol. The van der Waals surface area contributed by atoms with E-state index in [2.05, 4.69) is 40.6 Å². The second-order valence-corrected chi connectivity index (χ2v) is 7.82. The first-order valence-electron chi connectivity index (χ1n) is 10.7. The highest BCUT2D eigenvalue weighted by molar-refractivity contribution is 6.12. The van der Waals surface area contributed by atoms with E-state index >= 15 is 0 Å². The Balaban J connectivity index is 1.90. The van der Waals surface area contributed by atoms with Gasteiger partial charge in [0.2, 0.25) is 0 Å². The lowest BCUT2D eigenvalue weighted by Crippen LogP contribution is -2.45. The SMILES string of the molecule is CCN(CC)Cc1nc(N2CCN(C)CC2)c2c(n1)[nH]c1cc(OC)c(OC)cc12. The van der Waals surface area contributed by atoms with Gasteiger partial charge in [0.1, 0.15) is 17.3 Å². The van der Waals surface area contributed by atoms with Gasteiger partial charge in [0.15, 0.2) is 11.5 Å². The zero-order chi connectivity index (χ0) is 21.3. The Hall–Kier alpha value is -2.58. The minimum atomic E-state index is 0.703. The van der Waals surface area contributed by atoms with Crippen LogP contribution in [0.4, 0.5) is 5.82 Å². The van der Waals surface area contributed by atoms with Crippen LogP contribution >= 0.6 is 0 Å². The number of likely N-dealkylation sites (N-methyl/N-ethyl adjacent to an activating group) is 1. The van der Waals surface area contributed by atoms with E-state index in [1.54, 1.807) is 14.2 Å². The molecule has 0 amide bonds. The molecule has 30 heavy (non-hydrogen) atoms. The summed E-state index contributed by atoms with van der Waals surface area (Å²) < 4.78 is 11.1. The molecule has 0 aliphatic carbocycles. The van der Waals surface area contributed by atoms with Crippen molar-refractivity contribution in [2.75, 3.05) is 65.4 Å². The van der Waals surface area contributed by atoms with Gasteiger partial charge in [-0.1, -0.05) is 13.8 Å². The van der Waals surface area contributed by atoms with Crippen LogP contribution in [0.25, 0.3) is 21.9 Å². The van der Waals surface area contributed by atoms with Gasteiger partial charge in [-0.25, -0.2) is 9.97 Å². The van der Waals surface area contributed by atoms with Gasteiger partial charge in [0.25, 0.3) is 0 Å². The normalized spacial score (nSPS) is 15.5. The minimum Gasteiger partial charge on any atom is -0.493 e. The van der Waals surface area contributed by atoms with Crippen molar-refractivity contribution in [2.24, 2.45) is 0 Å². The molecule has 1 aliphatic rings. The molecule has 3 aromatic rings. The van der Waals surface area contributed by atoms with E-state index < -0.39 is 0 Å². The molecule has 1 aliphatic heterocycles. The van der Waals surface area contributed by atoms with Crippen LogP contribution < -0.4 is 14.4 Å². The number of nitrogens with one attached hydrogen (secondary N) is 1. The number of aromatic nitrogens is 3. The van der Waals surface area contributed by atoms with Crippen LogP contribution in [0.1, 0.15) is 19.7 Å². The maximum Gasteiger partial charge on any atom is 0.162 e. The Kier molecular flexibility index (Phi) is 5.97. The highest BCUT2D eigenvalue weighted by Crippen LogP contribution is 2.38. The van der Waals surface area contributed by atoms with Crippen LogP contribution in [-0.2, 0) is 6.54 Å². The van der Waals surface area contributed by atoms with Gasteiger partial charge in [0.05, 0.1) is 31.7 Å². The van der Waals surface area contributed by atoms with Crippen LogP contribution in [0.15, 0.2) is 12.1 Å². The molecule has 8 nitrogen and oxygen atoms in total. The molecule has 1 saturated heterocycles. The van der Waals surface area contributed by atoms with Gasteiger partial charge in [-0.2, -0.15) is 0 Å². The first-order valence-corrected chi connectivity index (χ1v) is 10.7. The predicted molar refractivity (Wildman–Crippen MR) is 121 cm³/mol. The maximum atomic E-state index is 5.56. The molecule has 3 heterocycles. The molecule has 1 fully saturated rings. The van der Waals surface area contributed by atoms with Crippen LogP contribution in [0, 0.1) is 0 Å². The largest absolute Gasteiger partial charge is 0.493 e. The van der Waals surface area contributed by atoms with Crippen molar-refractivity contribution in [3.05, 3.63) is 18.0 Å². The van der Waals surface area contributed by atoms with Gasteiger partial charge in [0, 0.05) is 37.6 Å². The van der Waals surface area contributed by atoms with E-state index in [0.29, 0.717) is 11.5 Å². The first-order chi connectivity index (χ1) is 14.6. The van der Waals surface area contributed by atoms with Crippen LogP contribution in [0.5, 0.6) is 11.5 Å². The number of anilines is 1. The lowest BCUT2D eigenvalue weighted by atomic mass is 10.1. The third-order valence-electron chi connectivity index (χ3n) is 6.04. The Labute approximate surface area is 177 Å². The van der Waals surface area contributed by atoms with E-state index in [1.807, 2.05) is 12.1 Å². The number of aromatic amines is 1. The zero-order valence-corrected chi connectivity index (χ0v) is 18.7. The standard InChI is InChI=1S/C22H32N6O2/c1-6-27(7-2)14-19-24-21-20(22(25-19)28-10-8-26(3)9-11-28)15-12-17(29-4)18(30-5)13-16(15)23-21/h12-13H,6-11,14H2,1-5H3,(H,23,24,25). The highest BCUT2D eigenvalue weighted by atomic mass is 16.5. The summed E-state index contributed by atoms with van der Waals surface area (Å²) in [5, 5.41) is 2.12. The molecule has 0 spiro atoms. The van der Waals surface area contributed by atoms with Crippen molar-refractivity contribution in [3.63, 3.8) is 0 Å². The monoisotopic (exact) mass is 412 g/mol. The van der Waals surface area contributed by atoms with E-state index in [-0.39, 0.29) is 0 Å². The molecule has 8 heteroatoms. The van der Waals surface area contributed by atoms with Gasteiger partial charge in [-0.15, -0.1) is 0 Å². The summed E-state index contributed by atoms with van der Waals surface area (Å²) >= 11 is 0. The van der Waals surface area contributed by atoms with E-state index in [4.69, 9.17) is 19.4 Å². The predicted octanol–water partition coefficient (Wildman–Crippen LogP) is 2.72. The van der Waals surface area contributed by atoms with Crippen LogP contribution in [0.2, 0.25) is 0 Å². The van der Waals surface area contributed by atoms with Gasteiger partial charge < -0.3 is 24.3 Å². The third kappa shape index (κ3) is 3.77. The first kappa shape index (κ1) is 20.7. The summed E-state index contributed by atoms with van der Waals surface area (Å²) in [4.78, 5) is 20.6. The Bertz CT molecular complexity index is 1020. The van der Waals surface area contributed by atoms with Crippen LogP contribution in [0.3, 0.4) is 0 Å². The molecule has 2 aromatic heterocycles. The molecule has 1 N–H and O–H groups in total. The Morgan fingerprint density at radius 2 is 1.67 bits per heavy atom. The number of rotatable bonds is 7. The topological polar surface area (TPSA) is 69.8 Å². The van der Waals surface area contributed by atoms with Crippen LogP contribution in [-0.4, -0.2) is 85.3 Å². The van der Waals surface area contributed by atoms with Crippen molar-refractivity contribution in [2.45, 2.75) is 20.4 Å². The number of hydrogen-bond acceptors (Lipinski definition) is 7. The zero-order valence-electron chi connectivity index (χ0n) is 18.7. The summed E-state index contributed by atoms with van der Waals surface area (Å²) in [6.45, 7) is 11.0. The van der Waals surface area contributed by atoms with E-state index in [0.717, 1.165) is 79.4 Å². The van der Waals surface area contributed by atoms with Crippen molar-refractivity contribution in [1.82, 2.24) is 24.8 Å². The number of fused-ring (bicyclic) bond motifs is 3. The fraction of sp³-hybridized carbons (Fsp3) is 0.545. The third-order valence-corrected chi connectivity index (χ3v) is 6.04. The van der Waals surface area contributed by atoms with E-state index in [9.17, 15) is 0 Å². The smallest absolute Gasteiger partial charge is 0.162 e. The average molecular weight is 413 g/mol. The Morgan fingerprint density at radius 3 is 2.30 bits per heavy atom. The molecule has 0 saturated carbocycles. The fourth-order valence-corrected chi connectivity index (χ4v) is 4.11. The summed E-state index contributed by atoms with van der Waals surface area (Å²) in [6.07, 6.45) is 0. The number of H-pyrrole nitrogens is 1. The second-order valence-electron chi connectivity index (χ2n) is 7.82. The fourth-order valence-electron chi connectivity index (χ4n) is 4.11. The quantitative estimate of drug-likeness (QED) is 0.640. The summed E-state index contributed by atoms with van der Waals surface area (Å²) in [7, 11) is 5.49. The molecule has 0 radical (unpaired) electrons. The highest BCUT2D eigenvalue weighted by Gasteiger charge is 2.23. The lowest BCUT2D eigenvalue weighted by Gasteiger charge is -2.33. The molecule has 1 aromatic carbocycles. The van der Waals surface area contributed by atoms with E-state index in [1.165, 1.54) is 0 Å². The molecular formula is C22H32N6O2. The number of hydrogen-bond donors (Lipinski definition) is 1. The maximum absolute atomic E-state index is 5.56. The number of piperazine rings is 1. The number of nitrogens with zero attached hydrogens (tertiary/aromatic N) is 5. The molecule has 4 rings (SSSR count). The number of benzene rings is 1.